The number of nitrogens with one attached hydrogen (secondary N) is 1. The first-order valence-corrected chi connectivity index (χ1v) is 8.95. The van der Waals surface area contributed by atoms with E-state index in [4.69, 9.17) is 0 Å². The van der Waals surface area contributed by atoms with Gasteiger partial charge in [-0.1, -0.05) is 6.07 Å². The van der Waals surface area contributed by atoms with Gasteiger partial charge < -0.3 is 10.2 Å². The predicted octanol–water partition coefficient (Wildman–Crippen LogP) is 2.66. The van der Waals surface area contributed by atoms with Crippen LogP contribution < -0.4 is 5.32 Å². The summed E-state index contributed by atoms with van der Waals surface area (Å²) in [5, 5.41) is 7.87. The van der Waals surface area contributed by atoms with E-state index in [9.17, 15) is 9.18 Å². The van der Waals surface area contributed by atoms with Gasteiger partial charge >= 0.3 is 0 Å². The summed E-state index contributed by atoms with van der Waals surface area (Å²) in [7, 11) is 0. The molecule has 0 unspecified atom stereocenters. The summed E-state index contributed by atoms with van der Waals surface area (Å²) in [6, 6.07) is 5.27. The Morgan fingerprint density at radius 1 is 1.35 bits per heavy atom. The lowest BCUT2D eigenvalue weighted by atomic mass is 10.1. The Morgan fingerprint density at radius 2 is 2.15 bits per heavy atom. The Bertz CT molecular complexity index is 835. The number of aryl methyl sites for hydroxylation is 1. The number of carbonyl (C=O) groups is 1. The molecule has 1 atom stereocenters. The summed E-state index contributed by atoms with van der Waals surface area (Å²) in [5.74, 6) is -0.329. The molecule has 1 saturated heterocycles. The van der Waals surface area contributed by atoms with Crippen LogP contribution in [-0.2, 0) is 12.8 Å². The zero-order valence-corrected chi connectivity index (χ0v) is 15.9. The van der Waals surface area contributed by atoms with Gasteiger partial charge in [-0.05, 0) is 50.8 Å². The van der Waals surface area contributed by atoms with Crippen LogP contribution in [0.3, 0.4) is 0 Å². The van der Waals surface area contributed by atoms with Crippen LogP contribution in [0.15, 0.2) is 18.2 Å². The fraction of sp³-hybridized carbons (Fsp3) is 0.474. The number of piperazine rings is 1. The molecule has 26 heavy (non-hydrogen) atoms. The third-order valence-corrected chi connectivity index (χ3v) is 5.23. The van der Waals surface area contributed by atoms with E-state index in [0.717, 1.165) is 49.2 Å². The monoisotopic (exact) mass is 378 g/mol. The molecule has 1 aromatic carbocycles. The average Bonchev–Trinajstić information content (AvgIpc) is 3.18. The van der Waals surface area contributed by atoms with Crippen molar-refractivity contribution in [2.24, 2.45) is 0 Å². The Kier molecular flexibility index (Phi) is 5.34. The van der Waals surface area contributed by atoms with Crippen LogP contribution in [0.5, 0.6) is 0 Å². The smallest absolute Gasteiger partial charge is 0.274 e. The van der Waals surface area contributed by atoms with E-state index in [1.165, 1.54) is 6.07 Å². The van der Waals surface area contributed by atoms with E-state index in [0.29, 0.717) is 17.9 Å². The number of benzene rings is 1. The van der Waals surface area contributed by atoms with Crippen LogP contribution >= 0.6 is 12.4 Å². The number of hydrogen-bond donors (Lipinski definition) is 1. The van der Waals surface area contributed by atoms with Gasteiger partial charge in [-0.25, -0.2) is 9.07 Å². The molecular weight excluding hydrogens is 355 g/mol. The van der Waals surface area contributed by atoms with Gasteiger partial charge in [0.1, 0.15) is 11.5 Å². The number of rotatable bonds is 2. The van der Waals surface area contributed by atoms with Gasteiger partial charge in [0.05, 0.1) is 0 Å². The van der Waals surface area contributed by atoms with E-state index in [1.54, 1.807) is 10.7 Å². The van der Waals surface area contributed by atoms with Gasteiger partial charge in [0.15, 0.2) is 5.69 Å². The quantitative estimate of drug-likeness (QED) is 0.874. The second kappa shape index (κ2) is 7.37. The third kappa shape index (κ3) is 3.12. The molecule has 1 aliphatic heterocycles. The molecule has 1 aliphatic carbocycles. The summed E-state index contributed by atoms with van der Waals surface area (Å²) in [6.45, 7) is 6.18. The molecule has 140 valence electrons. The molecule has 1 aromatic heterocycles. The average molecular weight is 379 g/mol. The molecule has 2 aromatic rings. The van der Waals surface area contributed by atoms with Crippen LogP contribution in [0.2, 0.25) is 0 Å². The molecule has 5 nitrogen and oxygen atoms in total. The van der Waals surface area contributed by atoms with Crippen LogP contribution in [0.4, 0.5) is 4.39 Å². The van der Waals surface area contributed by atoms with Crippen LogP contribution in [0.25, 0.3) is 5.69 Å². The lowest BCUT2D eigenvalue weighted by Gasteiger charge is -2.33. The maximum absolute atomic E-state index is 14.5. The van der Waals surface area contributed by atoms with Gasteiger partial charge in [0.25, 0.3) is 5.91 Å². The highest BCUT2D eigenvalue weighted by Crippen LogP contribution is 2.30. The maximum Gasteiger partial charge on any atom is 0.274 e. The molecule has 7 heteroatoms. The number of aromatic nitrogens is 2. The highest BCUT2D eigenvalue weighted by molar-refractivity contribution is 5.94. The first-order valence-electron chi connectivity index (χ1n) is 8.95. The molecule has 2 heterocycles. The Balaban J connectivity index is 0.00000196. The summed E-state index contributed by atoms with van der Waals surface area (Å²) < 4.78 is 16.1. The molecule has 1 amide bonds. The maximum atomic E-state index is 14.5. The Hall–Kier alpha value is -1.92. The molecule has 4 rings (SSSR count). The lowest BCUT2D eigenvalue weighted by Crippen LogP contribution is -2.52. The van der Waals surface area contributed by atoms with E-state index in [1.807, 2.05) is 24.8 Å². The van der Waals surface area contributed by atoms with Gasteiger partial charge in [0, 0.05) is 36.9 Å². The minimum absolute atomic E-state index is 0. The van der Waals surface area contributed by atoms with Crippen molar-refractivity contribution in [3.8, 4) is 5.69 Å². The summed E-state index contributed by atoms with van der Waals surface area (Å²) in [5.41, 5.74) is 3.78. The summed E-state index contributed by atoms with van der Waals surface area (Å²) in [6.07, 6.45) is 2.66. The first kappa shape index (κ1) is 18.9. The zero-order valence-electron chi connectivity index (χ0n) is 15.1. The summed E-state index contributed by atoms with van der Waals surface area (Å²) in [4.78, 5) is 15.0. The van der Waals surface area contributed by atoms with Crippen LogP contribution in [0, 0.1) is 12.7 Å². The van der Waals surface area contributed by atoms with Crippen molar-refractivity contribution in [2.75, 3.05) is 19.6 Å². The molecular formula is C19H24ClFN4O. The van der Waals surface area contributed by atoms with E-state index < -0.39 is 0 Å². The van der Waals surface area contributed by atoms with Crippen molar-refractivity contribution in [2.45, 2.75) is 39.2 Å². The third-order valence-electron chi connectivity index (χ3n) is 5.23. The summed E-state index contributed by atoms with van der Waals surface area (Å²) >= 11 is 0. The molecule has 0 spiro atoms. The van der Waals surface area contributed by atoms with Crippen LogP contribution in [0.1, 0.15) is 40.7 Å². The molecule has 0 radical (unpaired) electrons. The highest BCUT2D eigenvalue weighted by Gasteiger charge is 2.32. The van der Waals surface area contributed by atoms with Crippen molar-refractivity contribution in [1.82, 2.24) is 20.0 Å². The minimum Gasteiger partial charge on any atom is -0.332 e. The highest BCUT2D eigenvalue weighted by atomic mass is 35.5. The van der Waals surface area contributed by atoms with Gasteiger partial charge in [-0.2, -0.15) is 5.10 Å². The molecule has 1 N–H and O–H groups in total. The number of carbonyl (C=O) groups excluding carboxylic acids is 1. The van der Waals surface area contributed by atoms with Crippen molar-refractivity contribution in [3.05, 3.63) is 46.5 Å². The topological polar surface area (TPSA) is 50.2 Å². The predicted molar refractivity (Wildman–Crippen MR) is 101 cm³/mol. The first-order chi connectivity index (χ1) is 12.1. The SMILES string of the molecule is Cc1ccc(-n2nc(C(=O)N3CCNC[C@@H]3C)c3c2CCC3)c(F)c1.Cl. The molecule has 0 bridgehead atoms. The number of fused-ring (bicyclic) bond motifs is 1. The van der Waals surface area contributed by atoms with Crippen molar-refractivity contribution < 1.29 is 9.18 Å². The fourth-order valence-corrected chi connectivity index (χ4v) is 3.87. The molecule has 0 saturated carbocycles. The number of amides is 1. The molecule has 1 fully saturated rings. The van der Waals surface area contributed by atoms with Crippen LogP contribution in [-0.4, -0.2) is 46.3 Å². The second-order valence-electron chi connectivity index (χ2n) is 7.05. The van der Waals surface area contributed by atoms with Gasteiger partial charge in [-0.3, -0.25) is 4.79 Å². The van der Waals surface area contributed by atoms with E-state index in [2.05, 4.69) is 10.4 Å². The second-order valence-corrected chi connectivity index (χ2v) is 7.05. The Morgan fingerprint density at radius 3 is 2.88 bits per heavy atom. The molecule has 2 aliphatic rings. The standard InChI is InChI=1S/C19H23FN4O.ClH/c1-12-6-7-17(15(20)10-12)24-16-5-3-4-14(16)18(22-24)19(25)23-9-8-21-11-13(23)2;/h6-7,10,13,21H,3-5,8-9,11H2,1-2H3;1H/t13-;/m0./s1. The van der Waals surface area contributed by atoms with Gasteiger partial charge in [0.2, 0.25) is 0 Å². The Labute approximate surface area is 159 Å². The largest absolute Gasteiger partial charge is 0.332 e. The number of nitrogens with zero attached hydrogens (tertiary/aromatic N) is 3. The lowest BCUT2D eigenvalue weighted by molar-refractivity contribution is 0.0648. The van der Waals surface area contributed by atoms with Crippen molar-refractivity contribution >= 4 is 18.3 Å². The zero-order chi connectivity index (χ0) is 17.6. The van der Waals surface area contributed by atoms with Crippen molar-refractivity contribution in [3.63, 3.8) is 0 Å². The van der Waals surface area contributed by atoms with E-state index in [-0.39, 0.29) is 30.2 Å². The van der Waals surface area contributed by atoms with Crippen molar-refractivity contribution in [1.29, 1.82) is 0 Å². The number of halogens is 2. The fourth-order valence-electron chi connectivity index (χ4n) is 3.87. The number of hydrogen-bond acceptors (Lipinski definition) is 3. The van der Waals surface area contributed by atoms with Gasteiger partial charge in [-0.15, -0.1) is 12.4 Å². The minimum atomic E-state index is -0.299. The normalized spacial score (nSPS) is 19.2. The van der Waals surface area contributed by atoms with E-state index >= 15 is 0 Å².